The Hall–Kier alpha value is -1.97. The van der Waals surface area contributed by atoms with Crippen molar-refractivity contribution in [2.75, 3.05) is 0 Å². The quantitative estimate of drug-likeness (QED) is 0.420. The Morgan fingerprint density at radius 1 is 1.00 bits per heavy atom. The van der Waals surface area contributed by atoms with Gasteiger partial charge in [0.15, 0.2) is 5.36 Å². The molecule has 0 saturated heterocycles. The summed E-state index contributed by atoms with van der Waals surface area (Å²) in [6.07, 6.45) is 0. The second kappa shape index (κ2) is 2.52. The van der Waals surface area contributed by atoms with Crippen LogP contribution in [-0.4, -0.2) is 0 Å². The Morgan fingerprint density at radius 2 is 1.46 bits per heavy atom. The number of nitrogens with zero attached hydrogens (tertiary/aromatic N) is 1. The molecule has 0 aliphatic rings. The molecule has 0 fully saturated rings. The van der Waals surface area contributed by atoms with E-state index in [4.69, 9.17) is 5.84 Å². The lowest BCUT2D eigenvalue weighted by Gasteiger charge is -1.81. The van der Waals surface area contributed by atoms with Crippen LogP contribution in [0, 0.1) is 0 Å². The van der Waals surface area contributed by atoms with E-state index in [0.717, 1.165) is 0 Å². The molecule has 0 heterocycles. The number of rotatable bonds is 0. The first-order valence-electron chi connectivity index (χ1n) is 3.72. The minimum atomic E-state index is -0.386. The molecule has 0 aromatic heterocycles. The summed E-state index contributed by atoms with van der Waals surface area (Å²) >= 11 is 0. The number of hydrogen-bond acceptors (Lipinski definition) is 4. The molecule has 0 unspecified atom stereocenters. The first-order valence-corrected chi connectivity index (χ1v) is 3.72. The first-order chi connectivity index (χ1) is 6.25. The predicted molar refractivity (Wildman–Crippen MR) is 48.6 cm³/mol. The van der Waals surface area contributed by atoms with Crippen LogP contribution in [0.25, 0.3) is 10.8 Å². The van der Waals surface area contributed by atoms with E-state index in [2.05, 4.69) is 5.10 Å². The van der Waals surface area contributed by atoms with E-state index in [1.165, 1.54) is 0 Å². The number of hydrogen-bond donors (Lipinski definition) is 1. The van der Waals surface area contributed by atoms with Crippen LogP contribution in [0.5, 0.6) is 0 Å². The molecule has 64 valence electrons. The highest BCUT2D eigenvalue weighted by atomic mass is 16.1. The second-order valence-corrected chi connectivity index (χ2v) is 2.68. The van der Waals surface area contributed by atoms with Gasteiger partial charge in [0, 0.05) is 10.8 Å². The van der Waals surface area contributed by atoms with E-state index in [0.29, 0.717) is 10.8 Å². The summed E-state index contributed by atoms with van der Waals surface area (Å²) in [5.41, 5.74) is -0.772. The summed E-state index contributed by atoms with van der Waals surface area (Å²) in [5.74, 6) is 4.94. The Balaban J connectivity index is 3.26. The summed E-state index contributed by atoms with van der Waals surface area (Å²) in [4.78, 5) is 22.8. The van der Waals surface area contributed by atoms with Gasteiger partial charge in [-0.2, -0.15) is 5.10 Å². The Morgan fingerprint density at radius 3 is 1.85 bits per heavy atom. The first kappa shape index (κ1) is 7.67. The Bertz CT molecular complexity index is 557. The van der Waals surface area contributed by atoms with Crippen molar-refractivity contribution >= 4 is 10.8 Å². The van der Waals surface area contributed by atoms with Crippen molar-refractivity contribution in [2.45, 2.75) is 0 Å². The molecule has 0 aliphatic carbocycles. The fraction of sp³-hybridized carbons (Fsp3) is 0. The van der Waals surface area contributed by atoms with Crippen molar-refractivity contribution in [1.82, 2.24) is 0 Å². The van der Waals surface area contributed by atoms with Crippen molar-refractivity contribution in [3.05, 3.63) is 50.1 Å². The van der Waals surface area contributed by atoms with Crippen LogP contribution in [0.1, 0.15) is 0 Å². The number of nitrogens with two attached hydrogens (primary N) is 1. The monoisotopic (exact) mass is 174 g/mol. The van der Waals surface area contributed by atoms with Gasteiger partial charge in [-0.25, -0.2) is 0 Å². The summed E-state index contributed by atoms with van der Waals surface area (Å²) in [7, 11) is 0. The van der Waals surface area contributed by atoms with E-state index < -0.39 is 0 Å². The normalized spacial score (nSPS) is 10.5. The molecule has 2 N–H and O–H groups in total. The highest BCUT2D eigenvalue weighted by molar-refractivity contribution is 5.83. The topological polar surface area (TPSA) is 72.5 Å². The van der Waals surface area contributed by atoms with E-state index in [-0.39, 0.29) is 16.2 Å². The van der Waals surface area contributed by atoms with Crippen molar-refractivity contribution in [2.24, 2.45) is 10.9 Å². The molecule has 0 saturated carbocycles. The van der Waals surface area contributed by atoms with Crippen LogP contribution in [0.3, 0.4) is 0 Å². The fourth-order valence-corrected chi connectivity index (χ4v) is 1.35. The molecule has 0 aliphatic heterocycles. The average Bonchev–Trinajstić information content (AvgIpc) is 2.41. The predicted octanol–water partition coefficient (Wildman–Crippen LogP) is -0.790. The lowest BCUT2D eigenvalue weighted by Crippen LogP contribution is -2.32. The minimum Gasteiger partial charge on any atom is -0.322 e. The van der Waals surface area contributed by atoms with E-state index in [1.54, 1.807) is 24.3 Å². The van der Waals surface area contributed by atoms with Gasteiger partial charge in [0.25, 0.3) is 0 Å². The zero-order valence-electron chi connectivity index (χ0n) is 6.65. The third-order valence-corrected chi connectivity index (χ3v) is 1.98. The highest BCUT2D eigenvalue weighted by Crippen LogP contribution is 2.01. The van der Waals surface area contributed by atoms with Crippen LogP contribution in [-0.2, 0) is 0 Å². The van der Waals surface area contributed by atoms with Gasteiger partial charge in [-0.05, 0) is 0 Å². The van der Waals surface area contributed by atoms with Gasteiger partial charge in [0.1, 0.15) is 0 Å². The van der Waals surface area contributed by atoms with Crippen LogP contribution in [0.2, 0.25) is 0 Å². The largest absolute Gasteiger partial charge is 0.322 e. The van der Waals surface area contributed by atoms with Crippen molar-refractivity contribution in [3.8, 4) is 0 Å². The van der Waals surface area contributed by atoms with Crippen LogP contribution in [0.15, 0.2) is 39.0 Å². The van der Waals surface area contributed by atoms with Gasteiger partial charge < -0.3 is 5.84 Å². The summed E-state index contributed by atoms with van der Waals surface area (Å²) in [5, 5.41) is 3.77. The van der Waals surface area contributed by atoms with E-state index >= 15 is 0 Å². The van der Waals surface area contributed by atoms with Crippen LogP contribution in [0.4, 0.5) is 0 Å². The van der Waals surface area contributed by atoms with E-state index in [1.807, 2.05) is 0 Å². The van der Waals surface area contributed by atoms with Gasteiger partial charge in [-0.3, -0.25) is 9.59 Å². The number of fused-ring (bicyclic) bond motifs is 1. The maximum absolute atomic E-state index is 11.4. The van der Waals surface area contributed by atoms with Gasteiger partial charge in [-0.1, -0.05) is 24.3 Å². The third-order valence-electron chi connectivity index (χ3n) is 1.98. The molecule has 2 aromatic carbocycles. The highest BCUT2D eigenvalue weighted by Gasteiger charge is 2.08. The molecule has 4 nitrogen and oxygen atoms in total. The molecule has 4 heteroatoms. The molecular formula is C9H6N2O2. The maximum Gasteiger partial charge on any atom is 0.217 e. The van der Waals surface area contributed by atoms with Gasteiger partial charge in [0.05, 0.1) is 0 Å². The lowest BCUT2D eigenvalue weighted by atomic mass is 10.2. The van der Waals surface area contributed by atoms with E-state index in [9.17, 15) is 9.59 Å². The standard InChI is InChI=1S/C9H6N2O2/c10-11-7-8(12)5-3-1-2-4-6(5)9(7)13/h1-4H,10H2. The summed E-state index contributed by atoms with van der Waals surface area (Å²) in [6.45, 7) is 0. The molecule has 0 radical (unpaired) electrons. The van der Waals surface area contributed by atoms with Gasteiger partial charge in [-0.15, -0.1) is 0 Å². The Kier molecular flexibility index (Phi) is 1.48. The maximum atomic E-state index is 11.4. The second-order valence-electron chi connectivity index (χ2n) is 2.68. The summed E-state index contributed by atoms with van der Waals surface area (Å²) < 4.78 is 0. The fourth-order valence-electron chi connectivity index (χ4n) is 1.35. The third kappa shape index (κ3) is 0.885. The Labute approximate surface area is 72.6 Å². The molecule has 2 aromatic rings. The van der Waals surface area contributed by atoms with Gasteiger partial charge >= 0.3 is 0 Å². The zero-order chi connectivity index (χ0) is 9.42. The zero-order valence-corrected chi connectivity index (χ0v) is 6.65. The molecule has 0 bridgehead atoms. The number of benzene rings is 1. The van der Waals surface area contributed by atoms with Gasteiger partial charge in [0.2, 0.25) is 10.9 Å². The molecular weight excluding hydrogens is 168 g/mol. The lowest BCUT2D eigenvalue weighted by molar-refractivity contribution is 1.12. The smallest absolute Gasteiger partial charge is 0.217 e. The van der Waals surface area contributed by atoms with Crippen LogP contribution >= 0.6 is 0 Å². The molecule has 2 rings (SSSR count). The summed E-state index contributed by atoms with van der Waals surface area (Å²) in [6, 6.07) is 6.58. The molecule has 0 atom stereocenters. The van der Waals surface area contributed by atoms with Crippen molar-refractivity contribution < 1.29 is 0 Å². The van der Waals surface area contributed by atoms with Crippen LogP contribution < -0.4 is 22.1 Å². The minimum absolute atomic E-state index is 0.179. The van der Waals surface area contributed by atoms with Crippen molar-refractivity contribution in [1.29, 1.82) is 0 Å². The molecule has 13 heavy (non-hydrogen) atoms. The average molecular weight is 174 g/mol. The van der Waals surface area contributed by atoms with Crippen molar-refractivity contribution in [3.63, 3.8) is 0 Å². The molecule has 0 spiro atoms. The SMILES string of the molecule is NN=c1c(=O)c2ccccc2c1=O. The molecule has 0 amide bonds.